The first-order valence-electron chi connectivity index (χ1n) is 5.37. The molecule has 0 rings (SSSR count). The number of carboxylic acids is 1. The van der Waals surface area contributed by atoms with E-state index in [0.717, 1.165) is 0 Å². The maximum atomic E-state index is 11.5. The van der Waals surface area contributed by atoms with Crippen LogP contribution in [-0.4, -0.2) is 50.4 Å². The van der Waals surface area contributed by atoms with Gasteiger partial charge in [0.2, 0.25) is 15.9 Å². The van der Waals surface area contributed by atoms with Gasteiger partial charge in [0.1, 0.15) is 6.04 Å². The standard InChI is InChI=1S/C9H18N2O6S/c1-2-17-5-6-18(15,16)11-7(9(13)14)3-4-8(10)12/h7,11H,2-6H2,1H3,(H2,10,12)(H,13,14). The molecule has 0 saturated heterocycles. The maximum Gasteiger partial charge on any atom is 0.321 e. The third-order valence-corrected chi connectivity index (χ3v) is 3.35. The number of carbonyl (C=O) groups excluding carboxylic acids is 1. The number of hydrogen-bond donors (Lipinski definition) is 3. The predicted octanol–water partition coefficient (Wildman–Crippen LogP) is -1.34. The molecule has 0 spiro atoms. The zero-order chi connectivity index (χ0) is 14.2. The molecule has 0 fully saturated rings. The highest BCUT2D eigenvalue weighted by Gasteiger charge is 2.24. The van der Waals surface area contributed by atoms with Crippen LogP contribution in [0.2, 0.25) is 0 Å². The molecule has 9 heteroatoms. The SMILES string of the molecule is CCOCCS(=O)(=O)NC(CCC(N)=O)C(=O)O. The molecule has 0 aliphatic heterocycles. The highest BCUT2D eigenvalue weighted by Crippen LogP contribution is 2.00. The molecule has 0 radical (unpaired) electrons. The van der Waals surface area contributed by atoms with Crippen molar-refractivity contribution in [3.05, 3.63) is 0 Å². The van der Waals surface area contributed by atoms with Crippen molar-refractivity contribution < 1.29 is 27.9 Å². The summed E-state index contributed by atoms with van der Waals surface area (Å²) in [6.07, 6.45) is -0.385. The Morgan fingerprint density at radius 3 is 2.50 bits per heavy atom. The van der Waals surface area contributed by atoms with Crippen LogP contribution in [-0.2, 0) is 24.3 Å². The van der Waals surface area contributed by atoms with Gasteiger partial charge in [-0.1, -0.05) is 0 Å². The van der Waals surface area contributed by atoms with Crippen molar-refractivity contribution in [1.29, 1.82) is 0 Å². The first-order chi connectivity index (χ1) is 8.28. The number of nitrogens with two attached hydrogens (primary N) is 1. The minimum atomic E-state index is -3.75. The molecule has 106 valence electrons. The molecule has 0 saturated carbocycles. The molecular weight excluding hydrogens is 264 g/mol. The van der Waals surface area contributed by atoms with Crippen LogP contribution in [0.3, 0.4) is 0 Å². The van der Waals surface area contributed by atoms with E-state index in [0.29, 0.717) is 6.61 Å². The van der Waals surface area contributed by atoms with Crippen molar-refractivity contribution >= 4 is 21.9 Å². The van der Waals surface area contributed by atoms with E-state index in [1.54, 1.807) is 6.92 Å². The minimum absolute atomic E-state index is 0.0198. The van der Waals surface area contributed by atoms with Gasteiger partial charge in [0, 0.05) is 13.0 Å². The van der Waals surface area contributed by atoms with Crippen molar-refractivity contribution in [2.24, 2.45) is 5.73 Å². The van der Waals surface area contributed by atoms with E-state index in [4.69, 9.17) is 15.6 Å². The van der Waals surface area contributed by atoms with Gasteiger partial charge in [-0.3, -0.25) is 9.59 Å². The summed E-state index contributed by atoms with van der Waals surface area (Å²) in [5.74, 6) is -2.37. The Morgan fingerprint density at radius 1 is 1.44 bits per heavy atom. The number of primary amides is 1. The molecule has 1 unspecified atom stereocenters. The van der Waals surface area contributed by atoms with Gasteiger partial charge in [-0.15, -0.1) is 0 Å². The molecule has 18 heavy (non-hydrogen) atoms. The van der Waals surface area contributed by atoms with Crippen LogP contribution in [0, 0.1) is 0 Å². The van der Waals surface area contributed by atoms with Gasteiger partial charge in [-0.25, -0.2) is 13.1 Å². The summed E-state index contributed by atoms with van der Waals surface area (Å²) in [4.78, 5) is 21.3. The summed E-state index contributed by atoms with van der Waals surface area (Å²) in [5, 5.41) is 8.81. The number of hydrogen-bond acceptors (Lipinski definition) is 5. The molecule has 0 aromatic carbocycles. The summed E-state index contributed by atoms with van der Waals surface area (Å²) in [6, 6.07) is -1.36. The zero-order valence-corrected chi connectivity index (χ0v) is 10.9. The maximum absolute atomic E-state index is 11.5. The Kier molecular flexibility index (Phi) is 7.48. The van der Waals surface area contributed by atoms with Gasteiger partial charge < -0.3 is 15.6 Å². The topological polar surface area (TPSA) is 136 Å². The van der Waals surface area contributed by atoms with Gasteiger partial charge in [0.15, 0.2) is 0 Å². The van der Waals surface area contributed by atoms with Crippen molar-refractivity contribution in [3.8, 4) is 0 Å². The number of rotatable bonds is 10. The number of carboxylic acid groups (broad SMARTS) is 1. The van der Waals surface area contributed by atoms with Gasteiger partial charge in [-0.2, -0.15) is 0 Å². The average Bonchev–Trinajstić information content (AvgIpc) is 2.23. The molecule has 0 aliphatic carbocycles. The van der Waals surface area contributed by atoms with E-state index in [-0.39, 0.29) is 25.2 Å². The largest absolute Gasteiger partial charge is 0.480 e. The van der Waals surface area contributed by atoms with Crippen LogP contribution in [0.1, 0.15) is 19.8 Å². The van der Waals surface area contributed by atoms with Crippen LogP contribution in [0.15, 0.2) is 0 Å². The van der Waals surface area contributed by atoms with Crippen LogP contribution in [0.4, 0.5) is 0 Å². The summed E-state index contributed by atoms with van der Waals surface area (Å²) >= 11 is 0. The van der Waals surface area contributed by atoms with Crippen LogP contribution >= 0.6 is 0 Å². The van der Waals surface area contributed by atoms with Gasteiger partial charge in [0.25, 0.3) is 0 Å². The number of nitrogens with one attached hydrogen (secondary N) is 1. The fourth-order valence-corrected chi connectivity index (χ4v) is 2.22. The molecule has 0 heterocycles. The van der Waals surface area contributed by atoms with E-state index < -0.39 is 27.9 Å². The Morgan fingerprint density at radius 2 is 2.06 bits per heavy atom. The van der Waals surface area contributed by atoms with Crippen LogP contribution < -0.4 is 10.5 Å². The fourth-order valence-electron chi connectivity index (χ4n) is 1.11. The second-order valence-corrected chi connectivity index (χ2v) is 5.40. The lowest BCUT2D eigenvalue weighted by atomic mass is 10.2. The van der Waals surface area contributed by atoms with Crippen LogP contribution in [0.5, 0.6) is 0 Å². The van der Waals surface area contributed by atoms with Gasteiger partial charge >= 0.3 is 5.97 Å². The van der Waals surface area contributed by atoms with Crippen molar-refractivity contribution in [1.82, 2.24) is 4.72 Å². The molecular formula is C9H18N2O6S. The molecule has 0 aromatic heterocycles. The molecule has 8 nitrogen and oxygen atoms in total. The van der Waals surface area contributed by atoms with Crippen LogP contribution in [0.25, 0.3) is 0 Å². The van der Waals surface area contributed by atoms with Crippen molar-refractivity contribution in [2.75, 3.05) is 19.0 Å². The second-order valence-electron chi connectivity index (χ2n) is 3.53. The lowest BCUT2D eigenvalue weighted by Crippen LogP contribution is -2.43. The van der Waals surface area contributed by atoms with Gasteiger partial charge in [-0.05, 0) is 13.3 Å². The Bertz CT molecular complexity index is 381. The third kappa shape index (κ3) is 7.98. The Labute approximate surface area is 106 Å². The number of amides is 1. The quantitative estimate of drug-likeness (QED) is 0.424. The fraction of sp³-hybridized carbons (Fsp3) is 0.778. The lowest BCUT2D eigenvalue weighted by Gasteiger charge is -2.13. The molecule has 4 N–H and O–H groups in total. The van der Waals surface area contributed by atoms with E-state index in [1.165, 1.54) is 0 Å². The second kappa shape index (κ2) is 8.01. The summed E-state index contributed by atoms with van der Waals surface area (Å²) in [7, 11) is -3.75. The molecule has 0 aliphatic rings. The zero-order valence-electron chi connectivity index (χ0n) is 10.1. The monoisotopic (exact) mass is 282 g/mol. The van der Waals surface area contributed by atoms with Gasteiger partial charge in [0.05, 0.1) is 12.4 Å². The average molecular weight is 282 g/mol. The van der Waals surface area contributed by atoms with E-state index in [1.807, 2.05) is 4.72 Å². The molecule has 0 bridgehead atoms. The number of sulfonamides is 1. The minimum Gasteiger partial charge on any atom is -0.480 e. The molecule has 0 aromatic rings. The molecule has 1 amide bonds. The number of carbonyl (C=O) groups is 2. The highest BCUT2D eigenvalue weighted by atomic mass is 32.2. The third-order valence-electron chi connectivity index (χ3n) is 2.00. The van der Waals surface area contributed by atoms with E-state index in [2.05, 4.69) is 0 Å². The first kappa shape index (κ1) is 16.8. The van der Waals surface area contributed by atoms with Crippen molar-refractivity contribution in [3.63, 3.8) is 0 Å². The summed E-state index contributed by atoms with van der Waals surface area (Å²) < 4.78 is 29.8. The predicted molar refractivity (Wildman–Crippen MR) is 63.3 cm³/mol. The van der Waals surface area contributed by atoms with E-state index >= 15 is 0 Å². The summed E-state index contributed by atoms with van der Waals surface area (Å²) in [6.45, 7) is 2.07. The normalized spacial score (nSPS) is 13.2. The number of aliphatic carboxylic acids is 1. The Balaban J connectivity index is 4.38. The number of ether oxygens (including phenoxy) is 1. The Hall–Kier alpha value is -1.19. The first-order valence-corrected chi connectivity index (χ1v) is 7.02. The smallest absolute Gasteiger partial charge is 0.321 e. The van der Waals surface area contributed by atoms with Crippen molar-refractivity contribution in [2.45, 2.75) is 25.8 Å². The van der Waals surface area contributed by atoms with E-state index in [9.17, 15) is 18.0 Å². The highest BCUT2D eigenvalue weighted by molar-refractivity contribution is 7.89. The summed E-state index contributed by atoms with van der Waals surface area (Å²) in [5.41, 5.74) is 4.87. The lowest BCUT2D eigenvalue weighted by molar-refractivity contribution is -0.139. The molecule has 1 atom stereocenters.